The van der Waals surface area contributed by atoms with Crippen molar-refractivity contribution in [2.75, 3.05) is 68.8 Å². The van der Waals surface area contributed by atoms with E-state index in [9.17, 15) is 0 Å². The Kier molecular flexibility index (Phi) is 7.95. The Morgan fingerprint density at radius 1 is 0.714 bits per heavy atom. The third-order valence-corrected chi connectivity index (χ3v) is 11.1. The minimum atomic E-state index is -2.60. The number of hydrogen-bond acceptors (Lipinski definition) is 7. The number of nitrogens with zero attached hydrogens (tertiary/aromatic N) is 2. The number of rotatable bonds is 9. The summed E-state index contributed by atoms with van der Waals surface area (Å²) in [7, 11) is 5.50. The van der Waals surface area contributed by atoms with E-state index in [2.05, 4.69) is 16.5 Å². The number of piperazine rings is 1. The topological polar surface area (TPSA) is 52.6 Å². The predicted octanol–water partition coefficient (Wildman–Crippen LogP) is 0.344. The van der Waals surface area contributed by atoms with E-state index in [0.717, 1.165) is 32.2 Å². The first-order chi connectivity index (χ1) is 10.0. The van der Waals surface area contributed by atoms with E-state index in [1.54, 1.807) is 35.5 Å². The normalized spacial score (nSPS) is 19.1. The lowest BCUT2D eigenvalue weighted by atomic mass is 10.4. The molecule has 0 amide bonds. The smallest absolute Gasteiger partial charge is 0.386 e. The minimum absolute atomic E-state index is 0.691. The van der Waals surface area contributed by atoms with E-state index in [1.165, 1.54) is 0 Å². The van der Waals surface area contributed by atoms with Crippen molar-refractivity contribution in [3.63, 3.8) is 0 Å². The van der Waals surface area contributed by atoms with Gasteiger partial charge in [0, 0.05) is 73.8 Å². The molecule has 0 N–H and O–H groups in total. The molecule has 7 nitrogen and oxygen atoms in total. The lowest BCUT2D eigenvalue weighted by molar-refractivity contribution is 0.111. The van der Waals surface area contributed by atoms with E-state index in [0.29, 0.717) is 6.04 Å². The molecule has 0 unspecified atom stereocenters. The van der Waals surface area contributed by atoms with Crippen LogP contribution in [0.2, 0.25) is 12.1 Å². The molecule has 9 heteroatoms. The largest absolute Gasteiger partial charge is 0.500 e. The van der Waals surface area contributed by atoms with Gasteiger partial charge in [-0.15, -0.1) is 0 Å². The molecule has 0 aromatic carbocycles. The van der Waals surface area contributed by atoms with Crippen LogP contribution in [-0.4, -0.2) is 95.8 Å². The third-order valence-electron chi connectivity index (χ3n) is 4.30. The molecule has 0 aromatic rings. The number of likely N-dealkylation sites (N-methyl/N-ethyl adjacent to an activating group) is 1. The summed E-state index contributed by atoms with van der Waals surface area (Å²) < 4.78 is 30.6. The Hall–Kier alpha value is 0.154. The van der Waals surface area contributed by atoms with Gasteiger partial charge >= 0.3 is 17.5 Å². The number of hydrogen-bond donors (Lipinski definition) is 0. The van der Waals surface area contributed by atoms with E-state index >= 15 is 0 Å². The molecule has 0 radical (unpaired) electrons. The second kappa shape index (κ2) is 8.70. The van der Waals surface area contributed by atoms with Crippen molar-refractivity contribution in [3.8, 4) is 0 Å². The van der Waals surface area contributed by atoms with Gasteiger partial charge in [0.1, 0.15) is 0 Å². The van der Waals surface area contributed by atoms with Gasteiger partial charge in [0.2, 0.25) is 0 Å². The van der Waals surface area contributed by atoms with Crippen LogP contribution in [0.25, 0.3) is 0 Å². The fourth-order valence-electron chi connectivity index (χ4n) is 2.72. The minimum Gasteiger partial charge on any atom is -0.386 e. The molecular weight excluding hydrogens is 308 g/mol. The van der Waals surface area contributed by atoms with Crippen LogP contribution in [0.4, 0.5) is 0 Å². The Balaban J connectivity index is 2.76. The van der Waals surface area contributed by atoms with Gasteiger partial charge in [-0.2, -0.15) is 0 Å². The molecule has 1 rings (SSSR count). The monoisotopic (exact) mass is 338 g/mol. The predicted molar refractivity (Wildman–Crippen MR) is 85.2 cm³/mol. The maximum atomic E-state index is 5.87. The SMILES string of the molecule is CO[Si](CC[Si](OC)(OC)N1CCN(C)CC1)(OC)OC. The third kappa shape index (κ3) is 4.56. The molecule has 0 spiro atoms. The molecule has 0 bridgehead atoms. The van der Waals surface area contributed by atoms with Gasteiger partial charge in [0.15, 0.2) is 0 Å². The molecule has 126 valence electrons. The van der Waals surface area contributed by atoms with Crippen LogP contribution in [0.1, 0.15) is 0 Å². The van der Waals surface area contributed by atoms with Crippen LogP contribution in [-0.2, 0) is 22.1 Å². The van der Waals surface area contributed by atoms with Crippen LogP contribution in [0.3, 0.4) is 0 Å². The second-order valence-electron chi connectivity index (χ2n) is 5.21. The average Bonchev–Trinajstić information content (AvgIpc) is 2.54. The maximum Gasteiger partial charge on any atom is 0.500 e. The van der Waals surface area contributed by atoms with Crippen molar-refractivity contribution in [2.24, 2.45) is 0 Å². The molecule has 1 saturated heterocycles. The van der Waals surface area contributed by atoms with Crippen molar-refractivity contribution >= 4 is 17.5 Å². The summed E-state index contributed by atoms with van der Waals surface area (Å²) in [6.45, 7) is 3.99. The first kappa shape index (κ1) is 19.2. The zero-order chi connectivity index (χ0) is 15.9. The van der Waals surface area contributed by atoms with Crippen LogP contribution < -0.4 is 0 Å². The standard InChI is InChI=1S/C12H30N2O5Si2/c1-13-7-9-14(10-8-13)20(15-2,16-3)11-12-21(17-4,18-5)19-6/h7-12H2,1-6H3. The Morgan fingerprint density at radius 3 is 1.57 bits per heavy atom. The van der Waals surface area contributed by atoms with Crippen molar-refractivity contribution < 1.29 is 22.1 Å². The van der Waals surface area contributed by atoms with Crippen LogP contribution in [0.15, 0.2) is 0 Å². The van der Waals surface area contributed by atoms with E-state index < -0.39 is 17.5 Å². The fraction of sp³-hybridized carbons (Fsp3) is 1.00. The van der Waals surface area contributed by atoms with Crippen molar-refractivity contribution in [2.45, 2.75) is 12.1 Å². The second-order valence-corrected chi connectivity index (χ2v) is 11.7. The van der Waals surface area contributed by atoms with Gasteiger partial charge in [-0.1, -0.05) is 0 Å². The Bertz CT molecular complexity index is 287. The fourth-order valence-corrected chi connectivity index (χ4v) is 8.61. The van der Waals surface area contributed by atoms with Crippen LogP contribution in [0.5, 0.6) is 0 Å². The summed E-state index contributed by atoms with van der Waals surface area (Å²) >= 11 is 0. The molecule has 1 heterocycles. The first-order valence-electron chi connectivity index (χ1n) is 7.20. The molecule has 1 fully saturated rings. The van der Waals surface area contributed by atoms with Gasteiger partial charge < -0.3 is 27.0 Å². The van der Waals surface area contributed by atoms with Gasteiger partial charge in [-0.3, -0.25) is 4.57 Å². The van der Waals surface area contributed by atoms with Crippen molar-refractivity contribution in [3.05, 3.63) is 0 Å². The summed E-state index contributed by atoms with van der Waals surface area (Å²) in [4.78, 5) is 2.32. The molecule has 0 atom stereocenters. The van der Waals surface area contributed by atoms with Gasteiger partial charge in [0.25, 0.3) is 0 Å². The zero-order valence-electron chi connectivity index (χ0n) is 14.2. The van der Waals surface area contributed by atoms with E-state index in [4.69, 9.17) is 22.1 Å². The highest BCUT2D eigenvalue weighted by Crippen LogP contribution is 2.26. The van der Waals surface area contributed by atoms with Crippen LogP contribution in [0, 0.1) is 0 Å². The summed E-state index contributed by atoms with van der Waals surface area (Å²) in [5.41, 5.74) is 0. The maximum absolute atomic E-state index is 5.87. The zero-order valence-corrected chi connectivity index (χ0v) is 16.2. The summed E-state index contributed by atoms with van der Waals surface area (Å²) in [5.74, 6) is 0. The van der Waals surface area contributed by atoms with Crippen molar-refractivity contribution in [1.82, 2.24) is 9.47 Å². The Labute approximate surface area is 130 Å². The van der Waals surface area contributed by atoms with E-state index in [-0.39, 0.29) is 0 Å². The van der Waals surface area contributed by atoms with E-state index in [1.807, 2.05) is 0 Å². The summed E-state index contributed by atoms with van der Waals surface area (Å²) in [6.07, 6.45) is 0. The molecule has 21 heavy (non-hydrogen) atoms. The van der Waals surface area contributed by atoms with Crippen LogP contribution >= 0.6 is 0 Å². The Morgan fingerprint density at radius 2 is 1.19 bits per heavy atom. The average molecular weight is 339 g/mol. The molecule has 0 aromatic heterocycles. The van der Waals surface area contributed by atoms with Crippen molar-refractivity contribution in [1.29, 1.82) is 0 Å². The molecule has 0 saturated carbocycles. The lowest BCUT2D eigenvalue weighted by Crippen LogP contribution is -2.63. The van der Waals surface area contributed by atoms with Gasteiger partial charge in [-0.05, 0) is 7.05 Å². The lowest BCUT2D eigenvalue weighted by Gasteiger charge is -2.43. The molecular formula is C12H30N2O5Si2. The first-order valence-corrected chi connectivity index (χ1v) is 11.1. The summed E-state index contributed by atoms with van der Waals surface area (Å²) in [6, 6.07) is 1.46. The quantitative estimate of drug-likeness (QED) is 0.562. The summed E-state index contributed by atoms with van der Waals surface area (Å²) in [5, 5.41) is 0. The molecule has 0 aliphatic carbocycles. The van der Waals surface area contributed by atoms with Gasteiger partial charge in [-0.25, -0.2) is 0 Å². The highest BCUT2D eigenvalue weighted by Gasteiger charge is 2.49. The highest BCUT2D eigenvalue weighted by atomic mass is 28.4. The molecule has 1 aliphatic rings. The van der Waals surface area contributed by atoms with Gasteiger partial charge in [0.05, 0.1) is 0 Å². The molecule has 1 aliphatic heterocycles. The highest BCUT2D eigenvalue weighted by molar-refractivity contribution is 6.68.